The fourth-order valence-electron chi connectivity index (χ4n) is 5.42. The number of rotatable bonds is 8. The van der Waals surface area contributed by atoms with E-state index in [0.29, 0.717) is 0 Å². The molecule has 0 aliphatic carbocycles. The second-order valence-corrected chi connectivity index (χ2v) is 32.8. The molecule has 2 nitrogen and oxygen atoms in total. The van der Waals surface area contributed by atoms with Crippen molar-refractivity contribution in [1.82, 2.24) is 0 Å². The average Bonchev–Trinajstić information content (AvgIpc) is 2.53. The third-order valence-electron chi connectivity index (χ3n) is 5.53. The van der Waals surface area contributed by atoms with Crippen LogP contribution in [0.25, 0.3) is 0 Å². The lowest BCUT2D eigenvalue weighted by Gasteiger charge is -2.47. The van der Waals surface area contributed by atoms with Crippen LogP contribution in [0.4, 0.5) is 11.4 Å². The Bertz CT molecular complexity index is 782. The van der Waals surface area contributed by atoms with Gasteiger partial charge in [0.2, 0.25) is 0 Å². The van der Waals surface area contributed by atoms with Crippen LogP contribution in [0.15, 0.2) is 48.5 Å². The summed E-state index contributed by atoms with van der Waals surface area (Å²) in [6.45, 7) is 29.9. The lowest BCUT2D eigenvalue weighted by Crippen LogP contribution is -2.60. The maximum absolute atomic E-state index is 2.87. The molecule has 0 amide bonds. The first-order valence-corrected chi connectivity index (χ1v) is 25.5. The van der Waals surface area contributed by atoms with Gasteiger partial charge in [-0.1, -0.05) is 115 Å². The fraction of sp³-hybridized carbons (Fsp3) is 0.520. The van der Waals surface area contributed by atoms with E-state index < -0.39 is 32.9 Å². The van der Waals surface area contributed by atoms with Crippen molar-refractivity contribution in [3.63, 3.8) is 0 Å². The van der Waals surface area contributed by atoms with Crippen molar-refractivity contribution in [2.75, 3.05) is 8.46 Å². The van der Waals surface area contributed by atoms with Crippen LogP contribution in [0, 0.1) is 0 Å². The summed E-state index contributed by atoms with van der Waals surface area (Å²) in [5.74, 6) is 0. The first kappa shape index (κ1) is 26.2. The third kappa shape index (κ3) is 6.46. The lowest BCUT2D eigenvalue weighted by molar-refractivity contribution is 1.16. The molecule has 0 atom stereocenters. The van der Waals surface area contributed by atoms with Crippen molar-refractivity contribution >= 4 is 44.3 Å². The normalized spacial score (nSPS) is 13.3. The third-order valence-corrected chi connectivity index (χ3v) is 19.9. The number of para-hydroxylation sites is 2. The molecule has 172 valence electrons. The van der Waals surface area contributed by atoms with Crippen LogP contribution in [0.1, 0.15) is 11.1 Å². The van der Waals surface area contributed by atoms with Gasteiger partial charge in [-0.15, -0.1) is 0 Å². The minimum absolute atomic E-state index is 1.00. The number of benzene rings is 2. The van der Waals surface area contributed by atoms with Gasteiger partial charge in [-0.25, -0.2) is 0 Å². The van der Waals surface area contributed by atoms with Crippen LogP contribution in [0.3, 0.4) is 0 Å². The topological polar surface area (TPSA) is 6.48 Å². The van der Waals surface area contributed by atoms with Crippen LogP contribution in [-0.2, 0) is 6.42 Å². The van der Waals surface area contributed by atoms with E-state index in [4.69, 9.17) is 0 Å². The molecule has 0 aliphatic rings. The second kappa shape index (κ2) is 9.04. The van der Waals surface area contributed by atoms with E-state index in [0.717, 1.165) is 6.42 Å². The van der Waals surface area contributed by atoms with Gasteiger partial charge in [0.05, 0.1) is 0 Å². The fourth-order valence-corrected chi connectivity index (χ4v) is 25.3. The van der Waals surface area contributed by atoms with Crippen molar-refractivity contribution in [1.29, 1.82) is 0 Å². The number of anilines is 2. The monoisotopic (exact) mass is 486 g/mol. The molecule has 0 unspecified atom stereocenters. The zero-order valence-electron chi connectivity index (χ0n) is 22.2. The molecule has 2 aromatic carbocycles. The molecule has 0 bridgehead atoms. The van der Waals surface area contributed by atoms with Gasteiger partial charge in [-0.2, -0.15) is 0 Å². The van der Waals surface area contributed by atoms with Crippen LogP contribution in [0.2, 0.25) is 78.6 Å². The summed E-state index contributed by atoms with van der Waals surface area (Å²) in [5, 5.41) is 0. The molecule has 31 heavy (non-hydrogen) atoms. The van der Waals surface area contributed by atoms with Crippen molar-refractivity contribution in [2.45, 2.75) is 85.0 Å². The maximum atomic E-state index is 2.87. The van der Waals surface area contributed by atoms with Crippen LogP contribution < -0.4 is 8.46 Å². The Balaban J connectivity index is 2.63. The Kier molecular flexibility index (Phi) is 7.63. The number of nitrogens with zero attached hydrogens (tertiary/aromatic N) is 2. The summed E-state index contributed by atoms with van der Waals surface area (Å²) in [7, 11) is -6.03. The smallest absolute Gasteiger partial charge is 0.138 e. The van der Waals surface area contributed by atoms with E-state index in [1.807, 2.05) is 0 Å². The van der Waals surface area contributed by atoms with E-state index >= 15 is 0 Å². The van der Waals surface area contributed by atoms with E-state index in [9.17, 15) is 0 Å². The molecule has 0 radical (unpaired) electrons. The summed E-state index contributed by atoms with van der Waals surface area (Å²) < 4.78 is 5.74. The van der Waals surface area contributed by atoms with E-state index in [2.05, 4.69) is 136 Å². The van der Waals surface area contributed by atoms with Gasteiger partial charge in [0, 0.05) is 17.8 Å². The van der Waals surface area contributed by atoms with Gasteiger partial charge in [-0.3, -0.25) is 0 Å². The molecule has 6 heteroatoms. The molecule has 0 saturated heterocycles. The largest absolute Gasteiger partial charge is 0.424 e. The van der Waals surface area contributed by atoms with E-state index in [-0.39, 0.29) is 0 Å². The Labute approximate surface area is 197 Å². The van der Waals surface area contributed by atoms with Crippen LogP contribution >= 0.6 is 0 Å². The number of hydrogen-bond acceptors (Lipinski definition) is 2. The zero-order chi connectivity index (χ0) is 23.8. The summed E-state index contributed by atoms with van der Waals surface area (Å²) in [5.41, 5.74) is 5.91. The Morgan fingerprint density at radius 3 is 0.968 bits per heavy atom. The Morgan fingerprint density at radius 1 is 0.452 bits per heavy atom. The molecule has 0 fully saturated rings. The summed E-state index contributed by atoms with van der Waals surface area (Å²) >= 11 is 0. The molecule has 0 heterocycles. The van der Waals surface area contributed by atoms with Crippen molar-refractivity contribution < 1.29 is 0 Å². The molecular weight excluding hydrogens is 441 g/mol. The highest BCUT2D eigenvalue weighted by Crippen LogP contribution is 2.36. The number of hydrogen-bond donors (Lipinski definition) is 0. The minimum atomic E-state index is -1.51. The van der Waals surface area contributed by atoms with E-state index in [1.54, 1.807) is 0 Å². The molecule has 0 spiro atoms. The van der Waals surface area contributed by atoms with E-state index in [1.165, 1.54) is 22.5 Å². The summed E-state index contributed by atoms with van der Waals surface area (Å²) in [4.78, 5) is 0. The van der Waals surface area contributed by atoms with Crippen molar-refractivity contribution in [3.05, 3.63) is 59.7 Å². The Hall–Kier alpha value is -1.09. The molecule has 0 N–H and O–H groups in total. The van der Waals surface area contributed by atoms with Gasteiger partial charge < -0.3 is 8.46 Å². The maximum Gasteiger partial charge on any atom is 0.138 e. The van der Waals surface area contributed by atoms with Gasteiger partial charge in [-0.05, 0) is 23.3 Å². The first-order chi connectivity index (χ1) is 13.9. The van der Waals surface area contributed by atoms with Crippen molar-refractivity contribution in [2.24, 2.45) is 0 Å². The Morgan fingerprint density at radius 2 is 0.710 bits per heavy atom. The first-order valence-electron chi connectivity index (χ1n) is 11.7. The lowest BCUT2D eigenvalue weighted by atomic mass is 10.0. The van der Waals surface area contributed by atoms with Gasteiger partial charge in [0.25, 0.3) is 0 Å². The average molecular weight is 487 g/mol. The van der Waals surface area contributed by atoms with Crippen molar-refractivity contribution in [3.8, 4) is 0 Å². The highest BCUT2D eigenvalue weighted by Gasteiger charge is 2.37. The predicted molar refractivity (Wildman–Crippen MR) is 154 cm³/mol. The zero-order valence-corrected chi connectivity index (χ0v) is 26.2. The highest BCUT2D eigenvalue weighted by molar-refractivity contribution is 7.00. The van der Waals surface area contributed by atoms with Gasteiger partial charge in [0.15, 0.2) is 0 Å². The highest BCUT2D eigenvalue weighted by atomic mass is 28.4. The molecular formula is C25H46N2Si4. The molecule has 0 saturated carbocycles. The minimum Gasteiger partial charge on any atom is -0.424 e. The van der Waals surface area contributed by atoms with Gasteiger partial charge >= 0.3 is 0 Å². The SMILES string of the molecule is C[Si](C)(C)N(c1ccccc1Cc1ccccc1N([Si](C)(C)C)[Si](C)(C)C)[Si](C)(C)C. The quantitative estimate of drug-likeness (QED) is 0.347. The summed E-state index contributed by atoms with van der Waals surface area (Å²) in [6, 6.07) is 18.4. The molecule has 0 aromatic heterocycles. The van der Waals surface area contributed by atoms with Crippen LogP contribution in [0.5, 0.6) is 0 Å². The summed E-state index contributed by atoms with van der Waals surface area (Å²) in [6.07, 6.45) is 1.00. The standard InChI is InChI=1S/C25H46N2Si4/c1-28(2,3)26(29(4,5)6)24-19-15-13-17-22(24)21-23-18-14-16-20-25(23)27(30(7,8)9)31(10,11)12/h13-20H,21H2,1-12H3. The second-order valence-electron chi connectivity index (χ2n) is 12.8. The van der Waals surface area contributed by atoms with Gasteiger partial charge in [0.1, 0.15) is 32.9 Å². The molecule has 2 aromatic rings. The molecule has 2 rings (SSSR count). The molecule has 0 aliphatic heterocycles. The predicted octanol–water partition coefficient (Wildman–Crippen LogP) is 8.23. The van der Waals surface area contributed by atoms with Crippen LogP contribution in [-0.4, -0.2) is 32.9 Å².